The Balaban J connectivity index is 0.00000871. The Labute approximate surface area is 392 Å². The molecule has 1 atom stereocenters. The summed E-state index contributed by atoms with van der Waals surface area (Å²) in [5.41, 5.74) is 2.50. The summed E-state index contributed by atoms with van der Waals surface area (Å²) >= 11 is 0. The number of anilines is 1. The van der Waals surface area contributed by atoms with E-state index in [1.54, 1.807) is 20.3 Å². The molecule has 1 unspecified atom stereocenters. The molecule has 338 valence electrons. The van der Waals surface area contributed by atoms with Crippen LogP contribution in [0.4, 0.5) is 5.69 Å². The zero-order valence-electron chi connectivity index (χ0n) is 37.2. The number of nitrogens with zero attached hydrogens (tertiary/aromatic N) is 3. The molecule has 0 saturated carbocycles. The molecule has 4 aliphatic rings. The number of carbonyl (C=O) groups excluding carboxylic acids is 3. The fraction of sp³-hybridized carbons (Fsp3) is 0.500. The van der Waals surface area contributed by atoms with Crippen molar-refractivity contribution in [3.05, 3.63) is 82.6 Å². The largest absolute Gasteiger partial charge is 1.00 e. The van der Waals surface area contributed by atoms with Crippen molar-refractivity contribution < 1.29 is 88.6 Å². The summed E-state index contributed by atoms with van der Waals surface area (Å²) in [6.07, 6.45) is 7.04. The Morgan fingerprint density at radius 2 is 1.62 bits per heavy atom. The van der Waals surface area contributed by atoms with Crippen molar-refractivity contribution in [2.24, 2.45) is 0 Å². The average Bonchev–Trinajstić information content (AvgIpc) is 3.63. The molecule has 0 radical (unpaired) electrons. The van der Waals surface area contributed by atoms with Gasteiger partial charge in [0.05, 0.1) is 16.7 Å². The predicted molar refractivity (Wildman–Crippen MR) is 230 cm³/mol. The van der Waals surface area contributed by atoms with Gasteiger partial charge >= 0.3 is 35.5 Å². The number of amides is 2. The molecule has 0 spiro atoms. The minimum atomic E-state index is -4.86. The SMILES string of the molecule is COCC[N+](CCOC)=c1ccc2c(C(C)(C)C)cc(/C=C/C=C3/N(CCCCCC(=O)ON4C(=O)CCC4=O)c4ccc(S(=O)(=O)[O-])cc4C3(C)CCCS(=O)(=O)O)oc-2c1.[Na+]. The number of allylic oxidation sites excluding steroid dienone is 3. The second-order valence-electron chi connectivity index (χ2n) is 16.7. The van der Waals surface area contributed by atoms with Gasteiger partial charge in [0.15, 0.2) is 13.1 Å². The van der Waals surface area contributed by atoms with Crippen LogP contribution < -0.4 is 44.4 Å². The molecular weight excluding hydrogens is 866 g/mol. The van der Waals surface area contributed by atoms with Crippen LogP contribution in [0.25, 0.3) is 17.4 Å². The van der Waals surface area contributed by atoms with E-state index in [2.05, 4.69) is 37.5 Å². The summed E-state index contributed by atoms with van der Waals surface area (Å²) in [6.45, 7) is 10.9. The molecule has 1 aromatic carbocycles. The third-order valence-electron chi connectivity index (χ3n) is 11.1. The van der Waals surface area contributed by atoms with Crippen LogP contribution in [-0.4, -0.2) is 102 Å². The van der Waals surface area contributed by atoms with E-state index in [0.29, 0.717) is 85.6 Å². The van der Waals surface area contributed by atoms with Crippen LogP contribution in [0.15, 0.2) is 69.6 Å². The van der Waals surface area contributed by atoms with Crippen LogP contribution in [0, 0.1) is 0 Å². The van der Waals surface area contributed by atoms with E-state index < -0.39 is 54.1 Å². The summed E-state index contributed by atoms with van der Waals surface area (Å²) in [6, 6.07) is 12.2. The van der Waals surface area contributed by atoms with Gasteiger partial charge in [-0.1, -0.05) is 33.3 Å². The smallest absolute Gasteiger partial charge is 0.744 e. The van der Waals surface area contributed by atoms with Crippen LogP contribution in [-0.2, 0) is 59.8 Å². The minimum Gasteiger partial charge on any atom is -0.744 e. The topological polar surface area (TPSA) is 213 Å². The number of rotatable bonds is 20. The third kappa shape index (κ3) is 13.4. The van der Waals surface area contributed by atoms with Crippen LogP contribution in [0.2, 0.25) is 0 Å². The van der Waals surface area contributed by atoms with Crippen molar-refractivity contribution in [2.75, 3.05) is 57.7 Å². The van der Waals surface area contributed by atoms with Gasteiger partial charge in [-0.3, -0.25) is 14.1 Å². The zero-order chi connectivity index (χ0) is 45.5. The Bertz CT molecular complexity index is 2450. The molecule has 3 aliphatic heterocycles. The van der Waals surface area contributed by atoms with E-state index in [9.17, 15) is 40.3 Å². The Morgan fingerprint density at radius 3 is 2.22 bits per heavy atom. The normalized spacial score (nSPS) is 17.6. The van der Waals surface area contributed by atoms with Gasteiger partial charge in [-0.05, 0) is 91.6 Å². The molecule has 1 fully saturated rings. The third-order valence-corrected chi connectivity index (χ3v) is 12.8. The maximum Gasteiger partial charge on any atom is 1.00 e. The van der Waals surface area contributed by atoms with Crippen LogP contribution in [0.5, 0.6) is 0 Å². The van der Waals surface area contributed by atoms with Crippen molar-refractivity contribution in [3.63, 3.8) is 0 Å². The standard InChI is InChI=1S/C44H57N3O13S2.Na/c1-43(2,3)35-29-32(59-38-28-31(15-17-34(35)38)45(23-25-57-5)24-26-58-6)12-10-13-39-44(4,21-11-27-61(51,52)53)36-30-33(62(54,55)56)16-18-37(36)46(39)22-9-7-8-14-42(50)60-47-40(48)19-20-41(47)49;/h10,12-13,15-18,28-30H,7-9,11,14,19-27H2,1-6H3,(H-,51,52,53,54,55,56);/q;+1. The molecule has 3 heterocycles. The van der Waals surface area contributed by atoms with E-state index in [-0.39, 0.29) is 67.1 Å². The summed E-state index contributed by atoms with van der Waals surface area (Å²) in [5, 5.41) is 1.45. The Kier molecular flexibility index (Phi) is 18.1. The van der Waals surface area contributed by atoms with Crippen LogP contribution in [0.1, 0.15) is 95.9 Å². The summed E-state index contributed by atoms with van der Waals surface area (Å²) < 4.78 is 89.5. The molecule has 5 rings (SSSR count). The first kappa shape index (κ1) is 51.9. The molecule has 2 amide bonds. The van der Waals surface area contributed by atoms with Crippen molar-refractivity contribution >= 4 is 49.8 Å². The van der Waals surface area contributed by atoms with Crippen molar-refractivity contribution in [1.82, 2.24) is 9.64 Å². The zero-order valence-corrected chi connectivity index (χ0v) is 40.8. The summed E-state index contributed by atoms with van der Waals surface area (Å²) in [5.74, 6) is -1.14. The average molecular weight is 923 g/mol. The van der Waals surface area contributed by atoms with Gasteiger partial charge in [0.25, 0.3) is 21.9 Å². The number of ether oxygens (including phenoxy) is 2. The van der Waals surface area contributed by atoms with Crippen LogP contribution in [0.3, 0.4) is 0 Å². The molecule has 16 nitrogen and oxygen atoms in total. The van der Waals surface area contributed by atoms with E-state index in [0.717, 1.165) is 16.5 Å². The van der Waals surface area contributed by atoms with Crippen LogP contribution >= 0.6 is 0 Å². The van der Waals surface area contributed by atoms with Crippen molar-refractivity contribution in [3.8, 4) is 11.3 Å². The Hall–Kier alpha value is -3.72. The molecular formula is C44H57N3NaO13S2+. The van der Waals surface area contributed by atoms with Crippen molar-refractivity contribution in [1.29, 1.82) is 0 Å². The number of hydrogen-bond donors (Lipinski definition) is 1. The van der Waals surface area contributed by atoms with Gasteiger partial charge in [0.1, 0.15) is 34.9 Å². The van der Waals surface area contributed by atoms with E-state index >= 15 is 0 Å². The Morgan fingerprint density at radius 1 is 0.952 bits per heavy atom. The summed E-state index contributed by atoms with van der Waals surface area (Å²) in [4.78, 5) is 42.7. The molecule has 19 heteroatoms. The van der Waals surface area contributed by atoms with Gasteiger partial charge in [-0.25, -0.2) is 17.8 Å². The van der Waals surface area contributed by atoms with Gasteiger partial charge in [-0.2, -0.15) is 8.42 Å². The summed E-state index contributed by atoms with van der Waals surface area (Å²) in [7, 11) is -5.88. The molecule has 63 heavy (non-hydrogen) atoms. The first-order chi connectivity index (χ1) is 29.2. The second kappa shape index (κ2) is 22.0. The van der Waals surface area contributed by atoms with Gasteiger partial charge in [0, 0.05) is 68.5 Å². The monoisotopic (exact) mass is 922 g/mol. The maximum atomic E-state index is 12.5. The maximum absolute atomic E-state index is 12.5. The second-order valence-corrected chi connectivity index (χ2v) is 19.7. The number of benzene rings is 2. The van der Waals surface area contributed by atoms with Gasteiger partial charge in [-0.15, -0.1) is 5.06 Å². The fourth-order valence-electron chi connectivity index (χ4n) is 7.92. The van der Waals surface area contributed by atoms with Crippen molar-refractivity contribution in [2.45, 2.75) is 94.8 Å². The minimum absolute atomic E-state index is 0. The van der Waals surface area contributed by atoms with E-state index in [4.69, 9.17) is 18.7 Å². The predicted octanol–water partition coefficient (Wildman–Crippen LogP) is 2.17. The molecule has 0 aromatic heterocycles. The number of hydrogen-bond acceptors (Lipinski definition) is 13. The number of fused-ring (bicyclic) bond motifs is 2. The molecule has 1 aromatic rings. The number of carbonyl (C=O) groups is 3. The molecule has 1 saturated heterocycles. The molecule has 1 aliphatic carbocycles. The number of imide groups is 1. The molecule has 0 bridgehead atoms. The van der Waals surface area contributed by atoms with E-state index in [1.807, 2.05) is 42.2 Å². The van der Waals surface area contributed by atoms with E-state index in [1.165, 1.54) is 12.1 Å². The first-order valence-corrected chi connectivity index (χ1v) is 23.6. The number of unbranched alkanes of at least 4 members (excludes halogenated alkanes) is 2. The van der Waals surface area contributed by atoms with Gasteiger partial charge in [0.2, 0.25) is 5.36 Å². The number of methoxy groups -OCH3 is 2. The quantitative estimate of drug-likeness (QED) is 0.0566. The molecule has 1 N–H and O–H groups in total. The fourth-order valence-corrected chi connectivity index (χ4v) is 8.93. The first-order valence-electron chi connectivity index (χ1n) is 20.6. The van der Waals surface area contributed by atoms with Gasteiger partial charge < -0.3 is 28.2 Å². The number of hydroxylamine groups is 2.